The van der Waals surface area contributed by atoms with Crippen molar-refractivity contribution in [3.8, 4) is 5.75 Å². The van der Waals surface area contributed by atoms with Gasteiger partial charge in [0.25, 0.3) is 0 Å². The second-order valence-electron chi connectivity index (χ2n) is 3.59. The zero-order valence-corrected chi connectivity index (χ0v) is 11.4. The topological polar surface area (TPSA) is 26.3 Å². The minimum Gasteiger partial charge on any atom is -0.493 e. The molecule has 0 aromatic heterocycles. The first kappa shape index (κ1) is 15.0. The van der Waals surface area contributed by atoms with Gasteiger partial charge in [0.15, 0.2) is 5.78 Å². The highest BCUT2D eigenvalue weighted by Gasteiger charge is 2.37. The fourth-order valence-electron chi connectivity index (χ4n) is 1.50. The van der Waals surface area contributed by atoms with E-state index >= 15 is 0 Å². The molecule has 0 aliphatic heterocycles. The van der Waals surface area contributed by atoms with Crippen LogP contribution in [0, 0.1) is 0 Å². The van der Waals surface area contributed by atoms with Crippen LogP contribution in [-0.4, -0.2) is 17.2 Å². The molecule has 0 aliphatic rings. The summed E-state index contributed by atoms with van der Waals surface area (Å²) in [7, 11) is 0. The maximum absolute atomic E-state index is 12.9. The molecule has 0 aliphatic carbocycles. The van der Waals surface area contributed by atoms with E-state index in [1.54, 1.807) is 6.92 Å². The van der Waals surface area contributed by atoms with Crippen molar-refractivity contribution in [3.05, 3.63) is 29.3 Å². The highest BCUT2D eigenvalue weighted by Crippen LogP contribution is 2.37. The van der Waals surface area contributed by atoms with Crippen LogP contribution in [0.3, 0.4) is 0 Å². The van der Waals surface area contributed by atoms with Gasteiger partial charge in [-0.2, -0.15) is 13.2 Å². The van der Waals surface area contributed by atoms with Crippen LogP contribution in [0.2, 0.25) is 0 Å². The number of ketones is 1. The molecule has 1 aromatic carbocycles. The number of Topliss-reactive ketones (excluding diaryl/α,β-unsaturated/α-hetero) is 1. The van der Waals surface area contributed by atoms with Gasteiger partial charge in [-0.05, 0) is 26.0 Å². The summed E-state index contributed by atoms with van der Waals surface area (Å²) >= 11 is 2.99. The SMILES string of the molecule is CCOc1cccc(C(F)(F)F)c1C(=O)C(C)Br. The van der Waals surface area contributed by atoms with Gasteiger partial charge in [-0.25, -0.2) is 0 Å². The van der Waals surface area contributed by atoms with Crippen molar-refractivity contribution in [1.82, 2.24) is 0 Å². The summed E-state index contributed by atoms with van der Waals surface area (Å²) in [6, 6.07) is 3.47. The smallest absolute Gasteiger partial charge is 0.417 e. The van der Waals surface area contributed by atoms with E-state index in [0.29, 0.717) is 0 Å². The molecule has 1 rings (SSSR count). The molecule has 1 aromatic rings. The number of halogens is 4. The lowest BCUT2D eigenvalue weighted by Crippen LogP contribution is -2.19. The Labute approximate surface area is 111 Å². The molecule has 0 spiro atoms. The number of ether oxygens (including phenoxy) is 1. The summed E-state index contributed by atoms with van der Waals surface area (Å²) in [5.41, 5.74) is -1.39. The number of rotatable bonds is 4. The lowest BCUT2D eigenvalue weighted by atomic mass is 10.0. The Morgan fingerprint density at radius 3 is 2.50 bits per heavy atom. The number of alkyl halides is 4. The second-order valence-corrected chi connectivity index (χ2v) is 4.96. The van der Waals surface area contributed by atoms with Gasteiger partial charge in [0.05, 0.1) is 22.6 Å². The van der Waals surface area contributed by atoms with Crippen LogP contribution in [0.5, 0.6) is 5.75 Å². The average molecular weight is 325 g/mol. The van der Waals surface area contributed by atoms with E-state index in [-0.39, 0.29) is 12.4 Å². The third-order valence-electron chi connectivity index (χ3n) is 2.24. The van der Waals surface area contributed by atoms with E-state index in [0.717, 1.165) is 6.07 Å². The van der Waals surface area contributed by atoms with Crippen LogP contribution in [-0.2, 0) is 6.18 Å². The Hall–Kier alpha value is -1.04. The molecule has 1 atom stereocenters. The number of carbonyl (C=O) groups excluding carboxylic acids is 1. The summed E-state index contributed by atoms with van der Waals surface area (Å²) < 4.78 is 43.7. The molecule has 0 radical (unpaired) electrons. The second kappa shape index (κ2) is 5.73. The van der Waals surface area contributed by atoms with Crippen molar-refractivity contribution in [2.75, 3.05) is 6.61 Å². The Bertz CT molecular complexity index is 441. The monoisotopic (exact) mass is 324 g/mol. The summed E-state index contributed by atoms with van der Waals surface area (Å²) in [4.78, 5) is 11.2. The molecule has 0 heterocycles. The molecule has 0 saturated carbocycles. The van der Waals surface area contributed by atoms with Gasteiger partial charge in [0.1, 0.15) is 5.75 Å². The lowest BCUT2D eigenvalue weighted by Gasteiger charge is -2.16. The Morgan fingerprint density at radius 2 is 2.06 bits per heavy atom. The first-order valence-electron chi connectivity index (χ1n) is 5.30. The van der Waals surface area contributed by atoms with Gasteiger partial charge in [0.2, 0.25) is 0 Å². The van der Waals surface area contributed by atoms with E-state index in [2.05, 4.69) is 15.9 Å². The van der Waals surface area contributed by atoms with Crippen molar-refractivity contribution in [1.29, 1.82) is 0 Å². The van der Waals surface area contributed by atoms with Crippen LogP contribution >= 0.6 is 15.9 Å². The molecule has 0 saturated heterocycles. The number of hydrogen-bond donors (Lipinski definition) is 0. The maximum Gasteiger partial charge on any atom is 0.417 e. The average Bonchev–Trinajstić information content (AvgIpc) is 2.27. The molecule has 18 heavy (non-hydrogen) atoms. The predicted molar refractivity (Wildman–Crippen MR) is 65.3 cm³/mol. The van der Waals surface area contributed by atoms with Crippen LogP contribution in [0.25, 0.3) is 0 Å². The van der Waals surface area contributed by atoms with Gasteiger partial charge in [0, 0.05) is 0 Å². The summed E-state index contributed by atoms with van der Waals surface area (Å²) in [5.74, 6) is -0.685. The van der Waals surface area contributed by atoms with E-state index < -0.39 is 27.9 Å². The molecule has 6 heteroatoms. The molecule has 2 nitrogen and oxygen atoms in total. The number of benzene rings is 1. The molecule has 0 N–H and O–H groups in total. The Morgan fingerprint density at radius 1 is 1.44 bits per heavy atom. The summed E-state index contributed by atoms with van der Waals surface area (Å²) in [6.45, 7) is 3.32. The first-order valence-corrected chi connectivity index (χ1v) is 6.21. The fraction of sp³-hybridized carbons (Fsp3) is 0.417. The maximum atomic E-state index is 12.9. The zero-order valence-electron chi connectivity index (χ0n) is 9.84. The highest BCUT2D eigenvalue weighted by molar-refractivity contribution is 9.10. The number of hydrogen-bond acceptors (Lipinski definition) is 2. The predicted octanol–water partition coefficient (Wildman–Crippen LogP) is 4.07. The van der Waals surface area contributed by atoms with Crippen LogP contribution in [0.4, 0.5) is 13.2 Å². The van der Waals surface area contributed by atoms with Gasteiger partial charge in [-0.15, -0.1) is 0 Å². The molecular weight excluding hydrogens is 313 g/mol. The van der Waals surface area contributed by atoms with Crippen molar-refractivity contribution >= 4 is 21.7 Å². The van der Waals surface area contributed by atoms with Crippen LogP contribution < -0.4 is 4.74 Å². The van der Waals surface area contributed by atoms with Crippen molar-refractivity contribution in [2.45, 2.75) is 24.9 Å². The van der Waals surface area contributed by atoms with Gasteiger partial charge < -0.3 is 4.74 Å². The Kier molecular flexibility index (Phi) is 4.78. The van der Waals surface area contributed by atoms with Crippen molar-refractivity contribution < 1.29 is 22.7 Å². The molecule has 0 fully saturated rings. The quantitative estimate of drug-likeness (QED) is 0.616. The first-order chi connectivity index (χ1) is 8.29. The summed E-state index contributed by atoms with van der Waals surface area (Å²) in [6.07, 6.45) is -4.58. The third-order valence-corrected chi connectivity index (χ3v) is 2.65. The highest BCUT2D eigenvalue weighted by atomic mass is 79.9. The molecule has 100 valence electrons. The van der Waals surface area contributed by atoms with Crippen molar-refractivity contribution in [2.24, 2.45) is 0 Å². The van der Waals surface area contributed by atoms with Gasteiger partial charge in [-0.1, -0.05) is 22.0 Å². The van der Waals surface area contributed by atoms with E-state index in [1.807, 2.05) is 0 Å². The normalized spacial score (nSPS) is 13.2. The van der Waals surface area contributed by atoms with E-state index in [1.165, 1.54) is 19.1 Å². The van der Waals surface area contributed by atoms with E-state index in [4.69, 9.17) is 4.74 Å². The summed E-state index contributed by atoms with van der Waals surface area (Å²) in [5, 5.41) is 0. The molecule has 0 amide bonds. The largest absolute Gasteiger partial charge is 0.493 e. The standard InChI is InChI=1S/C12H12BrF3O2/c1-3-18-9-6-4-5-8(12(14,15)16)10(9)11(17)7(2)13/h4-7H,3H2,1-2H3. The van der Waals surface area contributed by atoms with Crippen molar-refractivity contribution in [3.63, 3.8) is 0 Å². The molecular formula is C12H12BrF3O2. The van der Waals surface area contributed by atoms with Crippen LogP contribution in [0.15, 0.2) is 18.2 Å². The fourth-order valence-corrected chi connectivity index (χ4v) is 1.73. The van der Waals surface area contributed by atoms with Gasteiger partial charge in [-0.3, -0.25) is 4.79 Å². The third kappa shape index (κ3) is 3.25. The van der Waals surface area contributed by atoms with Gasteiger partial charge >= 0.3 is 6.18 Å². The van der Waals surface area contributed by atoms with Crippen LogP contribution in [0.1, 0.15) is 29.8 Å². The number of carbonyl (C=O) groups is 1. The minimum absolute atomic E-state index is 0.0383. The minimum atomic E-state index is -4.58. The zero-order chi connectivity index (χ0) is 13.9. The molecule has 0 bridgehead atoms. The molecule has 1 unspecified atom stereocenters. The Balaban J connectivity index is 3.44. The van der Waals surface area contributed by atoms with E-state index in [9.17, 15) is 18.0 Å². The lowest BCUT2D eigenvalue weighted by molar-refractivity contribution is -0.138.